The number of carbonyl (C=O) groups excluding carboxylic acids is 2. The molecule has 0 saturated carbocycles. The normalized spacial score (nSPS) is 10.9. The Hall–Kier alpha value is -2.19. The second kappa shape index (κ2) is 8.88. The number of ether oxygens (including phenoxy) is 2. The van der Waals surface area contributed by atoms with E-state index in [2.05, 4.69) is 10.3 Å². The van der Waals surface area contributed by atoms with Gasteiger partial charge in [0.2, 0.25) is 0 Å². The van der Waals surface area contributed by atoms with Crippen LogP contribution in [0.5, 0.6) is 0 Å². The van der Waals surface area contributed by atoms with Crippen LogP contribution in [0.3, 0.4) is 0 Å². The molecule has 1 rings (SSSR count). The lowest BCUT2D eigenvalue weighted by atomic mass is 10.0. The molecular formula is C13H17N3O4S. The molecule has 0 saturated heterocycles. The average Bonchev–Trinajstić information content (AvgIpc) is 2.49. The molecule has 0 aliphatic heterocycles. The minimum absolute atomic E-state index is 0.319. The summed E-state index contributed by atoms with van der Waals surface area (Å²) in [6.45, 7) is 0. The number of hydrogen-bond acceptors (Lipinski definition) is 6. The highest BCUT2D eigenvalue weighted by molar-refractivity contribution is 7.96. The van der Waals surface area contributed by atoms with Crippen molar-refractivity contribution in [3.8, 4) is 0 Å². The van der Waals surface area contributed by atoms with Crippen molar-refractivity contribution in [2.45, 2.75) is 5.75 Å². The maximum absolute atomic E-state index is 11.8. The summed E-state index contributed by atoms with van der Waals surface area (Å²) in [5.41, 5.74) is 9.06. The second-order valence-corrected chi connectivity index (χ2v) is 4.58. The van der Waals surface area contributed by atoms with Gasteiger partial charge >= 0.3 is 12.0 Å². The highest BCUT2D eigenvalue weighted by Gasteiger charge is 2.16. The van der Waals surface area contributed by atoms with E-state index in [-0.39, 0.29) is 0 Å². The number of amides is 2. The largest absolute Gasteiger partial charge is 0.503 e. The molecule has 0 aliphatic carbocycles. The Morgan fingerprint density at radius 1 is 1.33 bits per heavy atom. The molecule has 7 nitrogen and oxygen atoms in total. The fourth-order valence-electron chi connectivity index (χ4n) is 1.56. The van der Waals surface area contributed by atoms with Crippen LogP contribution in [-0.4, -0.2) is 26.2 Å². The molecule has 0 radical (unpaired) electrons. The third-order valence-electron chi connectivity index (χ3n) is 2.42. The summed E-state index contributed by atoms with van der Waals surface area (Å²) in [4.78, 5) is 25.0. The predicted octanol–water partition coefficient (Wildman–Crippen LogP) is 1.17. The Morgan fingerprint density at radius 2 is 2.05 bits per heavy atom. The van der Waals surface area contributed by atoms with E-state index in [1.807, 2.05) is 18.2 Å². The van der Waals surface area contributed by atoms with E-state index in [4.69, 9.17) is 15.2 Å². The van der Waals surface area contributed by atoms with Gasteiger partial charge < -0.3 is 15.2 Å². The Labute approximate surface area is 127 Å². The summed E-state index contributed by atoms with van der Waals surface area (Å²) in [6, 6.07) is 6.64. The highest BCUT2D eigenvalue weighted by atomic mass is 32.2. The molecule has 1 aromatic carbocycles. The van der Waals surface area contributed by atoms with Crippen LogP contribution in [0.25, 0.3) is 5.57 Å². The molecule has 0 heterocycles. The molecule has 8 heteroatoms. The third kappa shape index (κ3) is 5.36. The van der Waals surface area contributed by atoms with Crippen LogP contribution in [0.1, 0.15) is 11.1 Å². The minimum Gasteiger partial charge on any atom is -0.503 e. The van der Waals surface area contributed by atoms with E-state index >= 15 is 0 Å². The molecule has 0 atom stereocenters. The summed E-state index contributed by atoms with van der Waals surface area (Å²) in [7, 11) is 2.76. The number of urea groups is 1. The van der Waals surface area contributed by atoms with Gasteiger partial charge in [-0.15, -0.1) is 0 Å². The number of primary amides is 1. The first-order chi connectivity index (χ1) is 10.1. The van der Waals surface area contributed by atoms with Crippen molar-refractivity contribution in [3.63, 3.8) is 0 Å². The summed E-state index contributed by atoms with van der Waals surface area (Å²) in [5.74, 6) is 0.00614. The van der Waals surface area contributed by atoms with Gasteiger partial charge in [0.15, 0.2) is 0 Å². The first-order valence-electron chi connectivity index (χ1n) is 5.92. The molecule has 0 fully saturated rings. The van der Waals surface area contributed by atoms with E-state index in [0.29, 0.717) is 16.9 Å². The third-order valence-corrected chi connectivity index (χ3v) is 3.12. The van der Waals surface area contributed by atoms with Crippen LogP contribution in [0.15, 0.2) is 30.5 Å². The smallest absolute Gasteiger partial charge is 0.341 e. The number of nitrogens with two attached hydrogens (primary N) is 1. The Morgan fingerprint density at radius 3 is 2.67 bits per heavy atom. The lowest BCUT2D eigenvalue weighted by Gasteiger charge is -2.11. The average molecular weight is 311 g/mol. The monoisotopic (exact) mass is 311 g/mol. The van der Waals surface area contributed by atoms with Crippen LogP contribution in [0.4, 0.5) is 4.79 Å². The standard InChI is InChI=1S/C13H17N3O4S/c1-19-7-11(12(17)20-2)10-6-4-3-5-9(10)8-21-16-15-13(14)18/h3-7,16H,8H2,1-2H3,(H3,14,15,18)/b11-7+. The number of carbonyl (C=O) groups is 2. The molecule has 0 unspecified atom stereocenters. The molecule has 2 amide bonds. The van der Waals surface area contributed by atoms with Gasteiger partial charge in [0, 0.05) is 5.75 Å². The van der Waals surface area contributed by atoms with Crippen LogP contribution in [0, 0.1) is 0 Å². The van der Waals surface area contributed by atoms with Crippen LogP contribution in [-0.2, 0) is 20.0 Å². The Kier molecular flexibility index (Phi) is 7.13. The van der Waals surface area contributed by atoms with Crippen molar-refractivity contribution in [1.82, 2.24) is 10.3 Å². The van der Waals surface area contributed by atoms with Gasteiger partial charge in [-0.25, -0.2) is 9.59 Å². The van der Waals surface area contributed by atoms with Crippen molar-refractivity contribution < 1.29 is 19.1 Å². The van der Waals surface area contributed by atoms with Crippen molar-refractivity contribution in [1.29, 1.82) is 0 Å². The fourth-order valence-corrected chi connectivity index (χ4v) is 2.21. The van der Waals surface area contributed by atoms with Gasteiger partial charge in [0.1, 0.15) is 5.57 Å². The molecule has 114 valence electrons. The number of rotatable bonds is 7. The van der Waals surface area contributed by atoms with Gasteiger partial charge in [0.25, 0.3) is 0 Å². The van der Waals surface area contributed by atoms with Gasteiger partial charge in [-0.1, -0.05) is 36.2 Å². The zero-order valence-electron chi connectivity index (χ0n) is 11.7. The molecular weight excluding hydrogens is 294 g/mol. The summed E-state index contributed by atoms with van der Waals surface area (Å²) in [5, 5.41) is 0. The highest BCUT2D eigenvalue weighted by Crippen LogP contribution is 2.23. The second-order valence-electron chi connectivity index (χ2n) is 3.80. The fraction of sp³-hybridized carbons (Fsp3) is 0.231. The molecule has 4 N–H and O–H groups in total. The topological polar surface area (TPSA) is 103 Å². The number of esters is 1. The van der Waals surface area contributed by atoms with E-state index in [9.17, 15) is 9.59 Å². The summed E-state index contributed by atoms with van der Waals surface area (Å²) >= 11 is 1.22. The van der Waals surface area contributed by atoms with Gasteiger partial charge in [-0.05, 0) is 11.1 Å². The van der Waals surface area contributed by atoms with Crippen molar-refractivity contribution in [3.05, 3.63) is 41.7 Å². The van der Waals surface area contributed by atoms with Crippen LogP contribution < -0.4 is 16.0 Å². The number of nitrogens with one attached hydrogen (secondary N) is 2. The van der Waals surface area contributed by atoms with E-state index in [1.165, 1.54) is 32.4 Å². The predicted molar refractivity (Wildman–Crippen MR) is 80.6 cm³/mol. The van der Waals surface area contributed by atoms with E-state index < -0.39 is 12.0 Å². The maximum Gasteiger partial charge on any atom is 0.341 e. The Balaban J connectivity index is 2.89. The molecule has 1 aromatic rings. The zero-order valence-corrected chi connectivity index (χ0v) is 12.5. The molecule has 0 bridgehead atoms. The van der Waals surface area contributed by atoms with Crippen LogP contribution >= 0.6 is 11.9 Å². The lowest BCUT2D eigenvalue weighted by Crippen LogP contribution is -2.37. The van der Waals surface area contributed by atoms with Crippen molar-refractivity contribution in [2.24, 2.45) is 5.73 Å². The number of benzene rings is 1. The maximum atomic E-state index is 11.8. The molecule has 0 aromatic heterocycles. The number of hydrazine groups is 1. The van der Waals surface area contributed by atoms with Crippen molar-refractivity contribution in [2.75, 3.05) is 14.2 Å². The van der Waals surface area contributed by atoms with Gasteiger partial charge in [-0.3, -0.25) is 5.43 Å². The zero-order chi connectivity index (χ0) is 15.7. The van der Waals surface area contributed by atoms with E-state index in [1.54, 1.807) is 6.07 Å². The SMILES string of the molecule is CO/C=C(/C(=O)OC)c1ccccc1CSNNC(N)=O. The number of methoxy groups -OCH3 is 2. The summed E-state index contributed by atoms with van der Waals surface area (Å²) < 4.78 is 9.68. The lowest BCUT2D eigenvalue weighted by molar-refractivity contribution is -0.133. The Bertz CT molecular complexity index is 534. The molecule has 0 aliphatic rings. The molecule has 21 heavy (non-hydrogen) atoms. The minimum atomic E-state index is -0.676. The first-order valence-corrected chi connectivity index (χ1v) is 6.90. The molecule has 0 spiro atoms. The van der Waals surface area contributed by atoms with Crippen molar-refractivity contribution >= 4 is 29.5 Å². The quantitative estimate of drug-likeness (QED) is 0.174. The van der Waals surface area contributed by atoms with E-state index in [0.717, 1.165) is 5.56 Å². The number of hydrogen-bond donors (Lipinski definition) is 3. The van der Waals surface area contributed by atoms with Gasteiger partial charge in [-0.2, -0.15) is 4.83 Å². The van der Waals surface area contributed by atoms with Gasteiger partial charge in [0.05, 0.1) is 20.5 Å². The van der Waals surface area contributed by atoms with Crippen LogP contribution in [0.2, 0.25) is 0 Å². The first kappa shape index (κ1) is 16.9. The summed E-state index contributed by atoms with van der Waals surface area (Å²) in [6.07, 6.45) is 1.34.